The number of nitrogens with zero attached hydrogens (tertiary/aromatic N) is 1. The van der Waals surface area contributed by atoms with Crippen LogP contribution in [0.25, 0.3) is 11.1 Å². The average molecular weight is 389 g/mol. The number of aromatic nitrogens is 1. The van der Waals surface area contributed by atoms with Crippen LogP contribution in [-0.4, -0.2) is 10.5 Å². The third-order valence-corrected chi connectivity index (χ3v) is 4.87. The molecular formula is C20H25BrN2O. The lowest BCUT2D eigenvalue weighted by Gasteiger charge is -2.11. The highest BCUT2D eigenvalue weighted by Crippen LogP contribution is 2.34. The van der Waals surface area contributed by atoms with Gasteiger partial charge in [0.05, 0.1) is 5.56 Å². The summed E-state index contributed by atoms with van der Waals surface area (Å²) in [6.07, 6.45) is 6.23. The van der Waals surface area contributed by atoms with Gasteiger partial charge in [0.1, 0.15) is 0 Å². The van der Waals surface area contributed by atoms with Crippen LogP contribution in [0, 0.1) is 6.92 Å². The van der Waals surface area contributed by atoms with Gasteiger partial charge in [0.15, 0.2) is 0 Å². The maximum absolute atomic E-state index is 12.2. The van der Waals surface area contributed by atoms with E-state index in [1.807, 2.05) is 37.3 Å². The number of benzene rings is 1. The van der Waals surface area contributed by atoms with Gasteiger partial charge in [0, 0.05) is 28.0 Å². The van der Waals surface area contributed by atoms with Crippen molar-refractivity contribution in [3.8, 4) is 11.1 Å². The molecule has 3 nitrogen and oxygen atoms in total. The number of hydrogen-bond donors (Lipinski definition) is 1. The van der Waals surface area contributed by atoms with Gasteiger partial charge in [-0.1, -0.05) is 53.9 Å². The predicted octanol–water partition coefficient (Wildman–Crippen LogP) is 5.24. The molecule has 0 aliphatic heterocycles. The van der Waals surface area contributed by atoms with Gasteiger partial charge < -0.3 is 10.3 Å². The van der Waals surface area contributed by atoms with E-state index in [1.54, 1.807) is 0 Å². The number of unbranched alkanes of at least 4 members (excludes halogenated alkanes) is 2. The fourth-order valence-corrected chi connectivity index (χ4v) is 3.47. The first-order valence-electron chi connectivity index (χ1n) is 8.39. The summed E-state index contributed by atoms with van der Waals surface area (Å²) in [6.45, 7) is 8.70. The Kier molecular flexibility index (Phi) is 6.44. The number of carbonyl (C=O) groups excluding carboxylic acids is 1. The summed E-state index contributed by atoms with van der Waals surface area (Å²) < 4.78 is 3.20. The zero-order chi connectivity index (χ0) is 17.7. The highest BCUT2D eigenvalue weighted by molar-refractivity contribution is 9.10. The molecule has 0 saturated heterocycles. The molecule has 2 rings (SSSR count). The molecule has 1 aromatic heterocycles. The van der Waals surface area contributed by atoms with Crippen LogP contribution in [0.3, 0.4) is 0 Å². The molecule has 1 amide bonds. The molecule has 0 radical (unpaired) electrons. The second kappa shape index (κ2) is 8.34. The van der Waals surface area contributed by atoms with E-state index in [1.165, 1.54) is 12.1 Å². The molecule has 0 atom stereocenters. The fourth-order valence-electron chi connectivity index (χ4n) is 3.21. The van der Waals surface area contributed by atoms with Gasteiger partial charge in [0.2, 0.25) is 0 Å². The van der Waals surface area contributed by atoms with Crippen LogP contribution in [0.2, 0.25) is 0 Å². The van der Waals surface area contributed by atoms with Gasteiger partial charge >= 0.3 is 0 Å². The summed E-state index contributed by atoms with van der Waals surface area (Å²) in [6, 6.07) is 8.06. The second-order valence-corrected chi connectivity index (χ2v) is 6.93. The molecular weight excluding hydrogens is 364 g/mol. The van der Waals surface area contributed by atoms with Crippen molar-refractivity contribution in [3.63, 3.8) is 0 Å². The largest absolute Gasteiger partial charge is 0.366 e. The van der Waals surface area contributed by atoms with Gasteiger partial charge in [-0.15, -0.1) is 6.58 Å². The van der Waals surface area contributed by atoms with Gasteiger partial charge in [-0.3, -0.25) is 4.79 Å². The van der Waals surface area contributed by atoms with Crippen LogP contribution in [-0.2, 0) is 13.0 Å². The minimum absolute atomic E-state index is 0.370. The Balaban J connectivity index is 2.66. The van der Waals surface area contributed by atoms with Crippen LogP contribution >= 0.6 is 15.9 Å². The SMILES string of the molecule is C=CCn1c(C)c(C(N)=O)c(-c2ccc(Br)cc2)c1CCCCC. The molecule has 0 fully saturated rings. The highest BCUT2D eigenvalue weighted by Gasteiger charge is 2.23. The molecule has 0 spiro atoms. The summed E-state index contributed by atoms with van der Waals surface area (Å²) in [5.41, 5.74) is 10.5. The van der Waals surface area contributed by atoms with Crippen molar-refractivity contribution in [2.45, 2.75) is 46.1 Å². The summed E-state index contributed by atoms with van der Waals surface area (Å²) in [5.74, 6) is -0.370. The van der Waals surface area contributed by atoms with Crippen molar-refractivity contribution < 1.29 is 4.79 Å². The van der Waals surface area contributed by atoms with E-state index in [-0.39, 0.29) is 5.91 Å². The number of primary amides is 1. The zero-order valence-electron chi connectivity index (χ0n) is 14.4. The lowest BCUT2D eigenvalue weighted by molar-refractivity contribution is 0.1000. The van der Waals surface area contributed by atoms with Gasteiger partial charge in [0.25, 0.3) is 5.91 Å². The van der Waals surface area contributed by atoms with Crippen LogP contribution in [0.15, 0.2) is 41.4 Å². The Hall–Kier alpha value is -1.81. The van der Waals surface area contributed by atoms with Crippen LogP contribution in [0.4, 0.5) is 0 Å². The van der Waals surface area contributed by atoms with Gasteiger partial charge in [-0.25, -0.2) is 0 Å². The Morgan fingerprint density at radius 3 is 2.50 bits per heavy atom. The molecule has 0 aliphatic rings. The molecule has 2 N–H and O–H groups in total. The Bertz CT molecular complexity index is 729. The Morgan fingerprint density at radius 2 is 1.96 bits per heavy atom. The number of nitrogens with two attached hydrogens (primary N) is 1. The van der Waals surface area contributed by atoms with Crippen molar-refractivity contribution in [1.29, 1.82) is 0 Å². The molecule has 4 heteroatoms. The molecule has 0 unspecified atom stereocenters. The van der Waals surface area contributed by atoms with Gasteiger partial charge in [-0.05, 0) is 37.5 Å². The molecule has 1 aromatic carbocycles. The number of amides is 1. The molecule has 0 aliphatic carbocycles. The number of rotatable bonds is 8. The van der Waals surface area contributed by atoms with Gasteiger partial charge in [-0.2, -0.15) is 0 Å². The predicted molar refractivity (Wildman–Crippen MR) is 104 cm³/mol. The lowest BCUT2D eigenvalue weighted by atomic mass is 9.97. The minimum Gasteiger partial charge on any atom is -0.366 e. The monoisotopic (exact) mass is 388 g/mol. The smallest absolute Gasteiger partial charge is 0.251 e. The minimum atomic E-state index is -0.370. The third-order valence-electron chi connectivity index (χ3n) is 4.34. The topological polar surface area (TPSA) is 48.0 Å². The van der Waals surface area contributed by atoms with E-state index < -0.39 is 0 Å². The molecule has 1 heterocycles. The van der Waals surface area contributed by atoms with Crippen molar-refractivity contribution >= 4 is 21.8 Å². The number of halogens is 1. The molecule has 128 valence electrons. The fraction of sp³-hybridized carbons (Fsp3) is 0.350. The maximum atomic E-state index is 12.2. The zero-order valence-corrected chi connectivity index (χ0v) is 16.0. The number of hydrogen-bond acceptors (Lipinski definition) is 1. The summed E-state index contributed by atoms with van der Waals surface area (Å²) in [7, 11) is 0. The molecule has 0 saturated carbocycles. The highest BCUT2D eigenvalue weighted by atomic mass is 79.9. The van der Waals surface area contributed by atoms with E-state index in [9.17, 15) is 4.79 Å². The van der Waals surface area contributed by atoms with Crippen LogP contribution < -0.4 is 5.73 Å². The normalized spacial score (nSPS) is 10.8. The Labute approximate surface area is 152 Å². The molecule has 2 aromatic rings. The summed E-state index contributed by atoms with van der Waals surface area (Å²) in [4.78, 5) is 12.2. The van der Waals surface area contributed by atoms with Crippen molar-refractivity contribution in [1.82, 2.24) is 4.57 Å². The number of allylic oxidation sites excluding steroid dienone is 1. The van der Waals surface area contributed by atoms with E-state index in [0.29, 0.717) is 12.1 Å². The van der Waals surface area contributed by atoms with Crippen LogP contribution in [0.5, 0.6) is 0 Å². The maximum Gasteiger partial charge on any atom is 0.251 e. The molecule has 0 bridgehead atoms. The second-order valence-electron chi connectivity index (χ2n) is 6.01. The van der Waals surface area contributed by atoms with Crippen molar-refractivity contribution in [2.24, 2.45) is 5.73 Å². The average Bonchev–Trinajstić information content (AvgIpc) is 2.82. The first kappa shape index (κ1) is 18.5. The standard InChI is InChI=1S/C20H25BrN2O/c1-4-6-7-8-17-19(15-9-11-16(21)12-10-15)18(20(22)24)14(3)23(17)13-5-2/h5,9-12H,2,4,6-8,13H2,1,3H3,(H2,22,24). The Morgan fingerprint density at radius 1 is 1.29 bits per heavy atom. The van der Waals surface area contributed by atoms with E-state index in [2.05, 4.69) is 34.0 Å². The quantitative estimate of drug-likeness (QED) is 0.487. The lowest BCUT2D eigenvalue weighted by Crippen LogP contribution is -2.13. The third kappa shape index (κ3) is 3.81. The first-order chi connectivity index (χ1) is 11.5. The van der Waals surface area contributed by atoms with E-state index in [0.717, 1.165) is 40.6 Å². The summed E-state index contributed by atoms with van der Waals surface area (Å²) in [5, 5.41) is 0. The van der Waals surface area contributed by atoms with Crippen molar-refractivity contribution in [3.05, 3.63) is 58.3 Å². The van der Waals surface area contributed by atoms with Crippen molar-refractivity contribution in [2.75, 3.05) is 0 Å². The molecule has 24 heavy (non-hydrogen) atoms. The summed E-state index contributed by atoms with van der Waals surface area (Å²) >= 11 is 3.47. The number of carbonyl (C=O) groups is 1. The first-order valence-corrected chi connectivity index (χ1v) is 9.19. The van der Waals surface area contributed by atoms with Crippen LogP contribution in [0.1, 0.15) is 47.9 Å². The van der Waals surface area contributed by atoms with E-state index in [4.69, 9.17) is 5.73 Å². The van der Waals surface area contributed by atoms with E-state index >= 15 is 0 Å².